The number of benzene rings is 1. The van der Waals surface area contributed by atoms with Crippen LogP contribution in [-0.2, 0) is 15.8 Å². The third-order valence-corrected chi connectivity index (χ3v) is 4.11. The van der Waals surface area contributed by atoms with Crippen LogP contribution in [0.5, 0.6) is 0 Å². The van der Waals surface area contributed by atoms with E-state index in [1.54, 1.807) is 37.3 Å². The van der Waals surface area contributed by atoms with Crippen LogP contribution < -0.4 is 10.5 Å². The fraction of sp³-hybridized carbons (Fsp3) is 0.143. The molecule has 0 spiro atoms. The van der Waals surface area contributed by atoms with Crippen LogP contribution in [0.15, 0.2) is 36.5 Å². The summed E-state index contributed by atoms with van der Waals surface area (Å²) in [6.07, 6.45) is 1.40. The van der Waals surface area contributed by atoms with E-state index in [1.165, 1.54) is 6.20 Å². The summed E-state index contributed by atoms with van der Waals surface area (Å²) in [4.78, 5) is 3.93. The van der Waals surface area contributed by atoms with Gasteiger partial charge in [-0.15, -0.1) is 0 Å². The number of hydrogen-bond acceptors (Lipinski definition) is 5. The van der Waals surface area contributed by atoms with Crippen LogP contribution in [0.1, 0.15) is 16.7 Å². The Morgan fingerprint density at radius 2 is 2.10 bits per heavy atom. The van der Waals surface area contributed by atoms with Crippen LogP contribution in [0.4, 0.5) is 11.5 Å². The summed E-state index contributed by atoms with van der Waals surface area (Å²) in [5.41, 5.74) is 7.65. The second-order valence-electron chi connectivity index (χ2n) is 4.56. The van der Waals surface area contributed by atoms with E-state index >= 15 is 0 Å². The predicted octanol–water partition coefficient (Wildman–Crippen LogP) is 1.79. The van der Waals surface area contributed by atoms with E-state index in [1.807, 2.05) is 6.07 Å². The number of anilines is 2. The van der Waals surface area contributed by atoms with Crippen LogP contribution in [0, 0.1) is 18.3 Å². The van der Waals surface area contributed by atoms with Crippen LogP contribution in [0.25, 0.3) is 0 Å². The van der Waals surface area contributed by atoms with Gasteiger partial charge in [-0.05, 0) is 30.2 Å². The molecule has 3 N–H and O–H groups in total. The molecule has 6 nitrogen and oxygen atoms in total. The van der Waals surface area contributed by atoms with Crippen molar-refractivity contribution in [3.63, 3.8) is 0 Å². The minimum absolute atomic E-state index is 0.205. The molecule has 0 unspecified atom stereocenters. The largest absolute Gasteiger partial charge is 0.397 e. The Morgan fingerprint density at radius 1 is 1.38 bits per heavy atom. The molecular formula is C14H14N4O2S. The van der Waals surface area contributed by atoms with Gasteiger partial charge in [0.1, 0.15) is 5.82 Å². The van der Waals surface area contributed by atoms with Crippen molar-refractivity contribution in [3.8, 4) is 6.07 Å². The topological polar surface area (TPSA) is 109 Å². The highest BCUT2D eigenvalue weighted by Gasteiger charge is 2.15. The number of pyridine rings is 1. The number of hydrogen-bond donors (Lipinski definition) is 2. The van der Waals surface area contributed by atoms with E-state index in [4.69, 9.17) is 11.0 Å². The lowest BCUT2D eigenvalue weighted by Gasteiger charge is -2.09. The van der Waals surface area contributed by atoms with Crippen molar-refractivity contribution in [2.24, 2.45) is 0 Å². The maximum atomic E-state index is 12.1. The van der Waals surface area contributed by atoms with Crippen LogP contribution in [0.2, 0.25) is 0 Å². The van der Waals surface area contributed by atoms with Crippen molar-refractivity contribution < 1.29 is 8.42 Å². The molecule has 0 saturated carbocycles. The first-order valence-corrected chi connectivity index (χ1v) is 7.77. The molecule has 0 amide bonds. The smallest absolute Gasteiger partial charge is 0.238 e. The summed E-state index contributed by atoms with van der Waals surface area (Å²) < 4.78 is 26.7. The van der Waals surface area contributed by atoms with Gasteiger partial charge in [0.15, 0.2) is 0 Å². The third-order valence-electron chi connectivity index (χ3n) is 2.89. The molecule has 0 saturated heterocycles. The zero-order chi connectivity index (χ0) is 15.5. The molecule has 0 radical (unpaired) electrons. The number of nitrogens with two attached hydrogens (primary N) is 1. The van der Waals surface area contributed by atoms with Gasteiger partial charge in [-0.25, -0.2) is 13.4 Å². The molecule has 0 bridgehead atoms. The van der Waals surface area contributed by atoms with Gasteiger partial charge in [0, 0.05) is 0 Å². The molecule has 0 aliphatic rings. The molecule has 108 valence electrons. The van der Waals surface area contributed by atoms with Gasteiger partial charge in [0.05, 0.1) is 29.3 Å². The Hall–Kier alpha value is -2.59. The summed E-state index contributed by atoms with van der Waals surface area (Å²) >= 11 is 0. The monoisotopic (exact) mass is 302 g/mol. The molecule has 1 aromatic heterocycles. The van der Waals surface area contributed by atoms with E-state index in [0.29, 0.717) is 16.8 Å². The van der Waals surface area contributed by atoms with Gasteiger partial charge in [-0.2, -0.15) is 5.26 Å². The second-order valence-corrected chi connectivity index (χ2v) is 6.28. The van der Waals surface area contributed by atoms with Crippen molar-refractivity contribution in [2.45, 2.75) is 12.7 Å². The predicted molar refractivity (Wildman–Crippen MR) is 80.8 cm³/mol. The highest BCUT2D eigenvalue weighted by atomic mass is 32.2. The van der Waals surface area contributed by atoms with Crippen molar-refractivity contribution >= 4 is 21.5 Å². The summed E-state index contributed by atoms with van der Waals surface area (Å²) in [7, 11) is -3.65. The average Bonchev–Trinajstić information content (AvgIpc) is 2.43. The lowest BCUT2D eigenvalue weighted by atomic mass is 10.1. The van der Waals surface area contributed by atoms with Crippen molar-refractivity contribution in [1.29, 1.82) is 5.26 Å². The molecule has 21 heavy (non-hydrogen) atoms. The Labute approximate surface area is 123 Å². The Kier molecular flexibility index (Phi) is 4.10. The Balaban J connectivity index is 2.23. The van der Waals surface area contributed by atoms with E-state index in [-0.39, 0.29) is 11.6 Å². The molecule has 0 atom stereocenters. The molecule has 0 aliphatic heterocycles. The molecule has 0 fully saturated rings. The number of sulfonamides is 1. The number of aryl methyl sites for hydroxylation is 1. The van der Waals surface area contributed by atoms with Gasteiger partial charge in [0.25, 0.3) is 0 Å². The lowest BCUT2D eigenvalue weighted by Crippen LogP contribution is -2.16. The van der Waals surface area contributed by atoms with E-state index < -0.39 is 10.0 Å². The van der Waals surface area contributed by atoms with Crippen molar-refractivity contribution in [1.82, 2.24) is 4.98 Å². The summed E-state index contributed by atoms with van der Waals surface area (Å²) in [6, 6.07) is 10.1. The van der Waals surface area contributed by atoms with Gasteiger partial charge in [0.2, 0.25) is 10.0 Å². The van der Waals surface area contributed by atoms with Gasteiger partial charge in [-0.3, -0.25) is 4.72 Å². The zero-order valence-electron chi connectivity index (χ0n) is 11.4. The van der Waals surface area contributed by atoms with Crippen molar-refractivity contribution in [2.75, 3.05) is 10.5 Å². The summed E-state index contributed by atoms with van der Waals surface area (Å²) in [5.74, 6) is -0.0851. The SMILES string of the molecule is Cc1cc(NS(=O)(=O)Cc2ccccc2C#N)ncc1N. The first kappa shape index (κ1) is 14.8. The third kappa shape index (κ3) is 3.70. The fourth-order valence-corrected chi connectivity index (χ4v) is 2.94. The molecule has 0 aliphatic carbocycles. The number of nitrogens with one attached hydrogen (secondary N) is 1. The quantitative estimate of drug-likeness (QED) is 0.894. The number of nitrogens with zero attached hydrogens (tertiary/aromatic N) is 2. The highest BCUT2D eigenvalue weighted by molar-refractivity contribution is 7.91. The van der Waals surface area contributed by atoms with Crippen LogP contribution >= 0.6 is 0 Å². The first-order chi connectivity index (χ1) is 9.91. The zero-order valence-corrected chi connectivity index (χ0v) is 12.2. The second kappa shape index (κ2) is 5.81. The Morgan fingerprint density at radius 3 is 2.76 bits per heavy atom. The summed E-state index contributed by atoms with van der Waals surface area (Å²) in [6.45, 7) is 1.76. The minimum Gasteiger partial charge on any atom is -0.397 e. The molecule has 7 heteroatoms. The number of nitriles is 1. The Bertz CT molecular complexity index is 810. The van der Waals surface area contributed by atoms with Crippen LogP contribution in [0.3, 0.4) is 0 Å². The van der Waals surface area contributed by atoms with Gasteiger partial charge < -0.3 is 5.73 Å². The molecular weight excluding hydrogens is 288 g/mol. The first-order valence-electron chi connectivity index (χ1n) is 6.12. The van der Waals surface area contributed by atoms with E-state index in [2.05, 4.69) is 9.71 Å². The number of rotatable bonds is 4. The highest BCUT2D eigenvalue weighted by Crippen LogP contribution is 2.17. The normalized spacial score (nSPS) is 10.9. The summed E-state index contributed by atoms with van der Waals surface area (Å²) in [5, 5.41) is 8.98. The van der Waals surface area contributed by atoms with E-state index in [9.17, 15) is 8.42 Å². The average molecular weight is 302 g/mol. The standard InChI is InChI=1S/C14H14N4O2S/c1-10-6-14(17-8-13(10)16)18-21(19,20)9-12-5-3-2-4-11(12)7-15/h2-6,8H,9,16H2,1H3,(H,17,18). The van der Waals surface area contributed by atoms with E-state index in [0.717, 1.165) is 5.56 Å². The maximum absolute atomic E-state index is 12.1. The molecule has 1 aromatic carbocycles. The van der Waals surface area contributed by atoms with Crippen LogP contribution in [-0.4, -0.2) is 13.4 Å². The van der Waals surface area contributed by atoms with Gasteiger partial charge in [-0.1, -0.05) is 18.2 Å². The van der Waals surface area contributed by atoms with Gasteiger partial charge >= 0.3 is 0 Å². The minimum atomic E-state index is -3.65. The fourth-order valence-electron chi connectivity index (χ4n) is 1.78. The molecule has 1 heterocycles. The maximum Gasteiger partial charge on any atom is 0.238 e. The number of nitrogen functional groups attached to an aromatic ring is 1. The van der Waals surface area contributed by atoms with Crippen molar-refractivity contribution in [3.05, 3.63) is 53.2 Å². The number of aromatic nitrogens is 1. The lowest BCUT2D eigenvalue weighted by molar-refractivity contribution is 0.600. The molecule has 2 aromatic rings. The molecule has 2 rings (SSSR count).